The van der Waals surface area contributed by atoms with Gasteiger partial charge in [0.1, 0.15) is 0 Å². The molecule has 0 radical (unpaired) electrons. The second-order valence-electron chi connectivity index (χ2n) is 10.7. The first-order valence-electron chi connectivity index (χ1n) is 12.2. The molecule has 2 aliphatic carbocycles. The van der Waals surface area contributed by atoms with Gasteiger partial charge in [0.25, 0.3) is 0 Å². The van der Waals surface area contributed by atoms with E-state index in [-0.39, 0.29) is 11.6 Å². The van der Waals surface area contributed by atoms with E-state index in [2.05, 4.69) is 75.5 Å². The highest BCUT2D eigenvalue weighted by Gasteiger charge is 2.42. The predicted molar refractivity (Wildman–Crippen MR) is 129 cm³/mol. The highest BCUT2D eigenvalue weighted by Crippen LogP contribution is 2.48. The average molecular weight is 410 g/mol. The Morgan fingerprint density at radius 2 is 1.97 bits per heavy atom. The molecule has 0 unspecified atom stereocenters. The van der Waals surface area contributed by atoms with E-state index in [9.17, 15) is 5.11 Å². The van der Waals surface area contributed by atoms with Crippen molar-refractivity contribution in [2.45, 2.75) is 90.7 Å². The van der Waals surface area contributed by atoms with Crippen molar-refractivity contribution in [3.05, 3.63) is 59.2 Å². The number of aryl methyl sites for hydroxylation is 2. The van der Waals surface area contributed by atoms with Crippen molar-refractivity contribution < 1.29 is 5.11 Å². The molecular formula is C28H43NO. The molecule has 0 aliphatic heterocycles. The lowest BCUT2D eigenvalue weighted by Crippen LogP contribution is -2.36. The molecule has 2 aliphatic rings. The Morgan fingerprint density at radius 3 is 2.73 bits per heavy atom. The molecule has 1 saturated carbocycles. The molecule has 0 aromatic heterocycles. The molecule has 166 valence electrons. The zero-order valence-corrected chi connectivity index (χ0v) is 19.7. The number of fused-ring (bicyclic) bond motifs is 1. The third-order valence-corrected chi connectivity index (χ3v) is 6.82. The molecule has 2 heteroatoms. The third-order valence-electron chi connectivity index (χ3n) is 6.82. The second kappa shape index (κ2) is 10.8. The van der Waals surface area contributed by atoms with Crippen molar-refractivity contribution in [2.75, 3.05) is 6.54 Å². The first kappa shape index (κ1) is 23.3. The quantitative estimate of drug-likeness (QED) is 0.347. The lowest BCUT2D eigenvalue weighted by atomic mass is 9.88. The summed E-state index contributed by atoms with van der Waals surface area (Å²) in [6, 6.07) is 8.79. The lowest BCUT2D eigenvalue weighted by molar-refractivity contribution is 0.141. The zero-order chi connectivity index (χ0) is 21.6. The molecule has 3 rings (SSSR count). The number of aliphatic hydroxyl groups excluding tert-OH is 1. The normalized spacial score (nSPS) is 26.4. The molecule has 0 saturated heterocycles. The number of hydrogen-bond acceptors (Lipinski definition) is 2. The highest BCUT2D eigenvalue weighted by atomic mass is 16.3. The van der Waals surface area contributed by atoms with Crippen LogP contribution in [0.4, 0.5) is 0 Å². The number of hydrogen-bond donors (Lipinski definition) is 2. The standard InChI is InChI=1S/C28H43NO/c1-21-11-10-14-22(17-21)12-7-8-15-25-26-19-23(18-24(26)20-27(25)30)13-6-5-9-16-29-28(2,3)4/h8,10-11,14-15,17-18,24-27,29-30H,5-7,9,12-13,16,19-20H2,1-4H3/b15-8+/t24-,25+,26-,27+/m0/s1. The summed E-state index contributed by atoms with van der Waals surface area (Å²) >= 11 is 0. The van der Waals surface area contributed by atoms with Crippen molar-refractivity contribution in [1.29, 1.82) is 0 Å². The van der Waals surface area contributed by atoms with Crippen LogP contribution in [-0.4, -0.2) is 23.3 Å². The molecule has 2 N–H and O–H groups in total. The maximum atomic E-state index is 10.6. The molecule has 1 aromatic carbocycles. The Kier molecular flexibility index (Phi) is 8.36. The zero-order valence-electron chi connectivity index (χ0n) is 19.7. The van der Waals surface area contributed by atoms with Gasteiger partial charge in [0.2, 0.25) is 0 Å². The van der Waals surface area contributed by atoms with Crippen LogP contribution in [0.3, 0.4) is 0 Å². The first-order valence-corrected chi connectivity index (χ1v) is 12.2. The summed E-state index contributed by atoms with van der Waals surface area (Å²) in [5, 5.41) is 14.2. The van der Waals surface area contributed by atoms with E-state index in [4.69, 9.17) is 0 Å². The van der Waals surface area contributed by atoms with E-state index in [1.165, 1.54) is 43.2 Å². The number of nitrogens with one attached hydrogen (secondary N) is 1. The van der Waals surface area contributed by atoms with E-state index in [0.29, 0.717) is 17.8 Å². The predicted octanol–water partition coefficient (Wildman–Crippen LogP) is 6.38. The summed E-state index contributed by atoms with van der Waals surface area (Å²) < 4.78 is 0. The maximum Gasteiger partial charge on any atom is 0.0611 e. The van der Waals surface area contributed by atoms with E-state index in [1.54, 1.807) is 5.57 Å². The minimum absolute atomic E-state index is 0.156. The van der Waals surface area contributed by atoms with Crippen molar-refractivity contribution in [3.63, 3.8) is 0 Å². The molecule has 0 heterocycles. The van der Waals surface area contributed by atoms with Crippen LogP contribution in [0.15, 0.2) is 48.1 Å². The number of aliphatic hydroxyl groups is 1. The molecular weight excluding hydrogens is 366 g/mol. The van der Waals surface area contributed by atoms with Crippen molar-refractivity contribution >= 4 is 0 Å². The van der Waals surface area contributed by atoms with Gasteiger partial charge < -0.3 is 10.4 Å². The van der Waals surface area contributed by atoms with Gasteiger partial charge in [0.05, 0.1) is 6.10 Å². The fourth-order valence-corrected chi connectivity index (χ4v) is 5.28. The van der Waals surface area contributed by atoms with E-state index in [0.717, 1.165) is 25.8 Å². The summed E-state index contributed by atoms with van der Waals surface area (Å²) in [6.45, 7) is 9.97. The van der Waals surface area contributed by atoms with Crippen molar-refractivity contribution in [3.8, 4) is 0 Å². The topological polar surface area (TPSA) is 32.3 Å². The van der Waals surface area contributed by atoms with Gasteiger partial charge in [-0.15, -0.1) is 0 Å². The van der Waals surface area contributed by atoms with Crippen molar-refractivity contribution in [2.24, 2.45) is 17.8 Å². The van der Waals surface area contributed by atoms with Crippen LogP contribution >= 0.6 is 0 Å². The van der Waals surface area contributed by atoms with Crippen molar-refractivity contribution in [1.82, 2.24) is 5.32 Å². The van der Waals surface area contributed by atoms with Gasteiger partial charge in [-0.25, -0.2) is 0 Å². The van der Waals surface area contributed by atoms with Gasteiger partial charge in [-0.05, 0) is 96.6 Å². The van der Waals surface area contributed by atoms with Crippen LogP contribution in [0.5, 0.6) is 0 Å². The molecule has 0 bridgehead atoms. The molecule has 1 fully saturated rings. The van der Waals surface area contributed by atoms with Gasteiger partial charge in [-0.3, -0.25) is 0 Å². The Morgan fingerprint density at radius 1 is 1.13 bits per heavy atom. The van der Waals surface area contributed by atoms with Gasteiger partial charge in [0.15, 0.2) is 0 Å². The van der Waals surface area contributed by atoms with Crippen LogP contribution in [0, 0.1) is 24.7 Å². The summed E-state index contributed by atoms with van der Waals surface area (Å²) in [5.41, 5.74) is 4.63. The van der Waals surface area contributed by atoms with Crippen LogP contribution in [0.25, 0.3) is 0 Å². The number of benzene rings is 1. The van der Waals surface area contributed by atoms with Crippen LogP contribution in [0.2, 0.25) is 0 Å². The Hall–Kier alpha value is -1.38. The molecule has 0 spiro atoms. The summed E-state index contributed by atoms with van der Waals surface area (Å²) in [6.07, 6.45) is 16.4. The fourth-order valence-electron chi connectivity index (χ4n) is 5.28. The average Bonchev–Trinajstić information content (AvgIpc) is 3.18. The second-order valence-corrected chi connectivity index (χ2v) is 10.7. The van der Waals surface area contributed by atoms with Crippen LogP contribution in [-0.2, 0) is 6.42 Å². The van der Waals surface area contributed by atoms with Crippen LogP contribution in [0.1, 0.15) is 76.8 Å². The minimum Gasteiger partial charge on any atom is -0.392 e. The Balaban J connectivity index is 1.38. The largest absolute Gasteiger partial charge is 0.392 e. The first-order chi connectivity index (χ1) is 14.3. The van der Waals surface area contributed by atoms with Crippen LogP contribution < -0.4 is 5.32 Å². The SMILES string of the molecule is Cc1cccc(CC/C=C/[C@@H]2[C@H]3CC(CCCCCNC(C)(C)C)=C[C@H]3C[C@H]2O)c1. The van der Waals surface area contributed by atoms with Gasteiger partial charge in [-0.1, -0.05) is 60.1 Å². The minimum atomic E-state index is -0.156. The fraction of sp³-hybridized carbons (Fsp3) is 0.643. The summed E-state index contributed by atoms with van der Waals surface area (Å²) in [5.74, 6) is 1.58. The number of rotatable bonds is 10. The van der Waals surface area contributed by atoms with E-state index >= 15 is 0 Å². The monoisotopic (exact) mass is 409 g/mol. The Labute approximate surface area is 184 Å². The van der Waals surface area contributed by atoms with Gasteiger partial charge in [0, 0.05) is 11.5 Å². The molecule has 30 heavy (non-hydrogen) atoms. The number of allylic oxidation sites excluding steroid dienone is 3. The maximum absolute atomic E-state index is 10.6. The molecule has 0 amide bonds. The lowest BCUT2D eigenvalue weighted by Gasteiger charge is -2.20. The smallest absolute Gasteiger partial charge is 0.0611 e. The van der Waals surface area contributed by atoms with Gasteiger partial charge in [-0.2, -0.15) is 0 Å². The van der Waals surface area contributed by atoms with Gasteiger partial charge >= 0.3 is 0 Å². The summed E-state index contributed by atoms with van der Waals surface area (Å²) in [4.78, 5) is 0. The van der Waals surface area contributed by atoms with E-state index in [1.807, 2.05) is 0 Å². The highest BCUT2D eigenvalue weighted by molar-refractivity contribution is 5.23. The molecule has 2 nitrogen and oxygen atoms in total. The summed E-state index contributed by atoms with van der Waals surface area (Å²) in [7, 11) is 0. The third kappa shape index (κ3) is 7.10. The molecule has 1 aromatic rings. The van der Waals surface area contributed by atoms with E-state index < -0.39 is 0 Å². The molecule has 4 atom stereocenters. The Bertz CT molecular complexity index is 726. The number of unbranched alkanes of at least 4 members (excludes halogenated alkanes) is 2.